The average molecular weight is 385 g/mol. The normalized spacial score (nSPS) is 16.2. The van der Waals surface area contributed by atoms with Gasteiger partial charge in [-0.25, -0.2) is 0 Å². The van der Waals surface area contributed by atoms with Crippen LogP contribution in [0.1, 0.15) is 45.1 Å². The molecule has 1 saturated heterocycles. The Kier molecular flexibility index (Phi) is 10.4. The number of hydrogen-bond donors (Lipinski definition) is 2. The molecule has 1 fully saturated rings. The van der Waals surface area contributed by atoms with Gasteiger partial charge in [0, 0.05) is 13.0 Å². The Labute approximate surface area is 163 Å². The Balaban J connectivity index is 0.00000338. The average Bonchev–Trinajstić information content (AvgIpc) is 3.12. The highest BCUT2D eigenvalue weighted by molar-refractivity contribution is 5.85. The molecule has 2 rings (SSSR count). The van der Waals surface area contributed by atoms with Gasteiger partial charge in [-0.3, -0.25) is 4.79 Å². The fraction of sp³-hybridized carbons (Fsp3) is 0.650. The third-order valence-corrected chi connectivity index (χ3v) is 4.61. The zero-order chi connectivity index (χ0) is 18.1. The van der Waals surface area contributed by atoms with E-state index in [1.54, 1.807) is 7.11 Å². The molecule has 0 aromatic heterocycles. The van der Waals surface area contributed by atoms with Crippen LogP contribution in [0.15, 0.2) is 18.2 Å². The number of amides is 1. The van der Waals surface area contributed by atoms with Gasteiger partial charge < -0.3 is 20.1 Å². The van der Waals surface area contributed by atoms with Gasteiger partial charge in [0.15, 0.2) is 11.5 Å². The van der Waals surface area contributed by atoms with E-state index in [0.29, 0.717) is 37.2 Å². The van der Waals surface area contributed by atoms with Crippen molar-refractivity contribution >= 4 is 18.3 Å². The zero-order valence-corrected chi connectivity index (χ0v) is 17.0. The summed E-state index contributed by atoms with van der Waals surface area (Å²) in [5.41, 5.74) is 1.02. The Morgan fingerprint density at radius 1 is 1.35 bits per heavy atom. The summed E-state index contributed by atoms with van der Waals surface area (Å²) in [6, 6.07) is 5.84. The summed E-state index contributed by atoms with van der Waals surface area (Å²) in [7, 11) is 1.64. The highest BCUT2D eigenvalue weighted by Crippen LogP contribution is 2.28. The molecule has 148 valence electrons. The molecule has 1 aliphatic rings. The maximum Gasteiger partial charge on any atom is 0.220 e. The molecule has 1 amide bonds. The van der Waals surface area contributed by atoms with Crippen LogP contribution in [-0.4, -0.2) is 32.7 Å². The summed E-state index contributed by atoms with van der Waals surface area (Å²) in [6.45, 7) is 7.68. The summed E-state index contributed by atoms with van der Waals surface area (Å²) < 4.78 is 11.2. The van der Waals surface area contributed by atoms with Crippen molar-refractivity contribution < 1.29 is 14.3 Å². The van der Waals surface area contributed by atoms with Crippen LogP contribution in [-0.2, 0) is 11.3 Å². The second kappa shape index (κ2) is 12.0. The third kappa shape index (κ3) is 7.83. The van der Waals surface area contributed by atoms with E-state index in [2.05, 4.69) is 24.5 Å². The van der Waals surface area contributed by atoms with E-state index < -0.39 is 0 Å². The molecule has 1 aromatic carbocycles. The number of halogens is 1. The fourth-order valence-electron chi connectivity index (χ4n) is 2.93. The molecule has 2 N–H and O–H groups in total. The van der Waals surface area contributed by atoms with Gasteiger partial charge in [0.2, 0.25) is 5.91 Å². The fourth-order valence-corrected chi connectivity index (χ4v) is 2.93. The van der Waals surface area contributed by atoms with Crippen LogP contribution in [0.3, 0.4) is 0 Å². The summed E-state index contributed by atoms with van der Waals surface area (Å²) >= 11 is 0. The van der Waals surface area contributed by atoms with Gasteiger partial charge >= 0.3 is 0 Å². The minimum atomic E-state index is 0. The Hall–Kier alpha value is -1.46. The molecule has 0 radical (unpaired) electrons. The van der Waals surface area contributed by atoms with Crippen molar-refractivity contribution in [3.63, 3.8) is 0 Å². The van der Waals surface area contributed by atoms with Gasteiger partial charge in [-0.05, 0) is 61.9 Å². The van der Waals surface area contributed by atoms with Crippen molar-refractivity contribution in [1.29, 1.82) is 0 Å². The van der Waals surface area contributed by atoms with Crippen molar-refractivity contribution in [3.8, 4) is 11.5 Å². The number of rotatable bonds is 10. The first kappa shape index (κ1) is 22.6. The number of carbonyl (C=O) groups is 1. The van der Waals surface area contributed by atoms with Crippen LogP contribution >= 0.6 is 12.4 Å². The predicted octanol–water partition coefficient (Wildman–Crippen LogP) is 3.55. The maximum absolute atomic E-state index is 12.0. The van der Waals surface area contributed by atoms with Crippen LogP contribution in [0, 0.1) is 11.8 Å². The van der Waals surface area contributed by atoms with E-state index >= 15 is 0 Å². The molecular weight excluding hydrogens is 352 g/mol. The van der Waals surface area contributed by atoms with Gasteiger partial charge in [0.25, 0.3) is 0 Å². The minimum Gasteiger partial charge on any atom is -0.493 e. The van der Waals surface area contributed by atoms with Crippen LogP contribution in [0.4, 0.5) is 0 Å². The second-order valence-electron chi connectivity index (χ2n) is 7.19. The highest BCUT2D eigenvalue weighted by atomic mass is 35.5. The zero-order valence-electron chi connectivity index (χ0n) is 16.2. The maximum atomic E-state index is 12.0. The van der Waals surface area contributed by atoms with E-state index in [1.807, 2.05) is 18.2 Å². The lowest BCUT2D eigenvalue weighted by Gasteiger charge is -2.13. The highest BCUT2D eigenvalue weighted by Gasteiger charge is 2.15. The van der Waals surface area contributed by atoms with Crippen molar-refractivity contribution in [3.05, 3.63) is 23.8 Å². The molecule has 0 aliphatic carbocycles. The van der Waals surface area contributed by atoms with E-state index in [1.165, 1.54) is 6.42 Å². The lowest BCUT2D eigenvalue weighted by molar-refractivity contribution is -0.121. The Bertz CT molecular complexity index is 546. The van der Waals surface area contributed by atoms with Crippen molar-refractivity contribution in [2.45, 2.75) is 46.1 Å². The Morgan fingerprint density at radius 2 is 2.15 bits per heavy atom. The quantitative estimate of drug-likeness (QED) is 0.647. The largest absolute Gasteiger partial charge is 0.493 e. The summed E-state index contributed by atoms with van der Waals surface area (Å²) in [6.07, 6.45) is 3.75. The van der Waals surface area contributed by atoms with Gasteiger partial charge in [-0.15, -0.1) is 12.4 Å². The summed E-state index contributed by atoms with van der Waals surface area (Å²) in [4.78, 5) is 12.0. The number of benzene rings is 1. The first-order valence-corrected chi connectivity index (χ1v) is 9.35. The lowest BCUT2D eigenvalue weighted by Crippen LogP contribution is -2.23. The number of hydrogen-bond acceptors (Lipinski definition) is 4. The van der Waals surface area contributed by atoms with Crippen molar-refractivity contribution in [2.75, 3.05) is 26.8 Å². The molecule has 1 heterocycles. The molecule has 0 spiro atoms. The molecule has 0 bridgehead atoms. The van der Waals surface area contributed by atoms with E-state index in [-0.39, 0.29) is 18.3 Å². The summed E-state index contributed by atoms with van der Waals surface area (Å²) in [5, 5.41) is 6.33. The molecule has 5 nitrogen and oxygen atoms in total. The lowest BCUT2D eigenvalue weighted by atomic mass is 10.0. The van der Waals surface area contributed by atoms with E-state index in [9.17, 15) is 4.79 Å². The third-order valence-electron chi connectivity index (χ3n) is 4.61. The van der Waals surface area contributed by atoms with Crippen LogP contribution in [0.5, 0.6) is 11.5 Å². The standard InChI is InChI=1S/C20H32N2O3.ClH/c1-15(2)9-11-25-18-6-4-17(12-19(18)24-3)14-22-20(23)7-5-16-8-10-21-13-16;/h4,6,12,15-16,21H,5,7-11,13-14H2,1-3H3,(H,22,23);1H. The second-order valence-corrected chi connectivity index (χ2v) is 7.19. The minimum absolute atomic E-state index is 0. The molecule has 6 heteroatoms. The van der Waals surface area contributed by atoms with Gasteiger partial charge in [0.1, 0.15) is 0 Å². The van der Waals surface area contributed by atoms with Gasteiger partial charge in [-0.2, -0.15) is 0 Å². The van der Waals surface area contributed by atoms with Gasteiger partial charge in [-0.1, -0.05) is 19.9 Å². The monoisotopic (exact) mass is 384 g/mol. The molecule has 1 aliphatic heterocycles. The number of ether oxygens (including phenoxy) is 2. The van der Waals surface area contributed by atoms with E-state index in [4.69, 9.17) is 9.47 Å². The first-order valence-electron chi connectivity index (χ1n) is 9.35. The molecule has 26 heavy (non-hydrogen) atoms. The SMILES string of the molecule is COc1cc(CNC(=O)CCC2CCNC2)ccc1OCCC(C)C.Cl. The smallest absolute Gasteiger partial charge is 0.220 e. The molecule has 1 unspecified atom stereocenters. The number of nitrogens with one attached hydrogen (secondary N) is 2. The van der Waals surface area contributed by atoms with E-state index in [0.717, 1.165) is 37.2 Å². The van der Waals surface area contributed by atoms with Crippen LogP contribution < -0.4 is 20.1 Å². The van der Waals surface area contributed by atoms with Gasteiger partial charge in [0.05, 0.1) is 13.7 Å². The van der Waals surface area contributed by atoms with Crippen LogP contribution in [0.25, 0.3) is 0 Å². The number of carbonyl (C=O) groups excluding carboxylic acids is 1. The first-order chi connectivity index (χ1) is 12.1. The Morgan fingerprint density at radius 3 is 2.81 bits per heavy atom. The molecule has 1 aromatic rings. The topological polar surface area (TPSA) is 59.6 Å². The molecule has 0 saturated carbocycles. The molecular formula is C20H33ClN2O3. The van der Waals surface area contributed by atoms with Crippen molar-refractivity contribution in [1.82, 2.24) is 10.6 Å². The van der Waals surface area contributed by atoms with Crippen molar-refractivity contribution in [2.24, 2.45) is 11.8 Å². The molecule has 1 atom stereocenters. The number of methoxy groups -OCH3 is 1. The van der Waals surface area contributed by atoms with Crippen LogP contribution in [0.2, 0.25) is 0 Å². The summed E-state index contributed by atoms with van der Waals surface area (Å²) in [5.74, 6) is 2.84. The predicted molar refractivity (Wildman–Crippen MR) is 107 cm³/mol.